The van der Waals surface area contributed by atoms with Crippen LogP contribution in [0.4, 0.5) is 0 Å². The summed E-state index contributed by atoms with van der Waals surface area (Å²) in [4.78, 5) is 2.62. The number of likely N-dealkylation sites (tertiary alicyclic amines) is 1. The van der Waals surface area contributed by atoms with Gasteiger partial charge in [-0.1, -0.05) is 51.1 Å². The van der Waals surface area contributed by atoms with Crippen molar-refractivity contribution < 1.29 is 0 Å². The lowest BCUT2D eigenvalue weighted by molar-refractivity contribution is 0.0902. The van der Waals surface area contributed by atoms with Gasteiger partial charge in [0.15, 0.2) is 0 Å². The fourth-order valence-electron chi connectivity index (χ4n) is 3.21. The third-order valence-corrected chi connectivity index (χ3v) is 4.93. The van der Waals surface area contributed by atoms with E-state index in [0.717, 1.165) is 6.54 Å². The van der Waals surface area contributed by atoms with Crippen LogP contribution in [-0.2, 0) is 0 Å². The van der Waals surface area contributed by atoms with Crippen LogP contribution in [0, 0.1) is 5.41 Å². The first kappa shape index (κ1) is 15.5. The van der Waals surface area contributed by atoms with Crippen LogP contribution in [-0.4, -0.2) is 30.6 Å². The first-order valence-electron chi connectivity index (χ1n) is 8.01. The Labute approximate surface area is 124 Å². The molecule has 1 aromatic carbocycles. The normalized spacial score (nSPS) is 22.4. The molecule has 0 saturated carbocycles. The Morgan fingerprint density at radius 3 is 2.30 bits per heavy atom. The summed E-state index contributed by atoms with van der Waals surface area (Å²) in [5.74, 6) is 0.583. The Balaban J connectivity index is 1.92. The predicted octanol–water partition coefficient (Wildman–Crippen LogP) is 3.63. The molecule has 1 fully saturated rings. The SMILES string of the molecule is CC(CC(CN)N1CCC(C)(C)CC1)c1ccccc1. The van der Waals surface area contributed by atoms with Crippen molar-refractivity contribution in [3.8, 4) is 0 Å². The molecule has 2 atom stereocenters. The molecule has 20 heavy (non-hydrogen) atoms. The van der Waals surface area contributed by atoms with Crippen LogP contribution >= 0.6 is 0 Å². The number of nitrogens with two attached hydrogens (primary N) is 1. The average Bonchev–Trinajstić information content (AvgIpc) is 2.46. The average molecular weight is 274 g/mol. The van der Waals surface area contributed by atoms with E-state index in [0.29, 0.717) is 17.4 Å². The minimum absolute atomic E-state index is 0.515. The van der Waals surface area contributed by atoms with E-state index in [9.17, 15) is 0 Å². The molecule has 0 amide bonds. The Bertz CT molecular complexity index is 389. The molecule has 2 N–H and O–H groups in total. The van der Waals surface area contributed by atoms with Crippen molar-refractivity contribution in [2.75, 3.05) is 19.6 Å². The van der Waals surface area contributed by atoms with Crippen molar-refractivity contribution in [1.29, 1.82) is 0 Å². The molecule has 112 valence electrons. The third-order valence-electron chi connectivity index (χ3n) is 4.93. The maximum atomic E-state index is 6.06. The van der Waals surface area contributed by atoms with Crippen molar-refractivity contribution >= 4 is 0 Å². The van der Waals surface area contributed by atoms with E-state index in [-0.39, 0.29) is 0 Å². The van der Waals surface area contributed by atoms with E-state index in [4.69, 9.17) is 5.73 Å². The van der Waals surface area contributed by atoms with Crippen molar-refractivity contribution in [1.82, 2.24) is 4.90 Å². The highest BCUT2D eigenvalue weighted by molar-refractivity contribution is 5.19. The van der Waals surface area contributed by atoms with Gasteiger partial charge in [-0.05, 0) is 49.2 Å². The number of hydrogen-bond donors (Lipinski definition) is 1. The summed E-state index contributed by atoms with van der Waals surface area (Å²) in [7, 11) is 0. The summed E-state index contributed by atoms with van der Waals surface area (Å²) < 4.78 is 0. The lowest BCUT2D eigenvalue weighted by atomic mass is 9.81. The zero-order valence-electron chi connectivity index (χ0n) is 13.3. The second-order valence-corrected chi connectivity index (χ2v) is 7.14. The molecule has 0 aromatic heterocycles. The molecule has 1 aromatic rings. The molecular weight excluding hydrogens is 244 g/mol. The predicted molar refractivity (Wildman–Crippen MR) is 86.9 cm³/mol. The van der Waals surface area contributed by atoms with Gasteiger partial charge in [-0.15, -0.1) is 0 Å². The number of nitrogens with zero attached hydrogens (tertiary/aromatic N) is 1. The van der Waals surface area contributed by atoms with E-state index in [1.807, 2.05) is 0 Å². The Kier molecular flexibility index (Phi) is 5.22. The van der Waals surface area contributed by atoms with Gasteiger partial charge in [0.2, 0.25) is 0 Å². The van der Waals surface area contributed by atoms with E-state index >= 15 is 0 Å². The van der Waals surface area contributed by atoms with Gasteiger partial charge < -0.3 is 5.73 Å². The van der Waals surface area contributed by atoms with Gasteiger partial charge in [0, 0.05) is 12.6 Å². The molecule has 2 unspecified atom stereocenters. The van der Waals surface area contributed by atoms with Gasteiger partial charge in [-0.3, -0.25) is 4.90 Å². The van der Waals surface area contributed by atoms with Crippen molar-refractivity contribution in [3.05, 3.63) is 35.9 Å². The summed E-state index contributed by atoms with van der Waals surface area (Å²) in [6.45, 7) is 10.3. The van der Waals surface area contributed by atoms with Crippen LogP contribution in [0.2, 0.25) is 0 Å². The fraction of sp³-hybridized carbons (Fsp3) is 0.667. The molecule has 2 nitrogen and oxygen atoms in total. The minimum atomic E-state index is 0.515. The first-order chi connectivity index (χ1) is 9.52. The molecule has 1 heterocycles. The summed E-state index contributed by atoms with van der Waals surface area (Å²) in [6.07, 6.45) is 3.76. The van der Waals surface area contributed by atoms with Crippen molar-refractivity contribution in [2.24, 2.45) is 11.1 Å². The van der Waals surface area contributed by atoms with Crippen LogP contribution in [0.5, 0.6) is 0 Å². The highest BCUT2D eigenvalue weighted by Crippen LogP contribution is 2.32. The monoisotopic (exact) mass is 274 g/mol. The van der Waals surface area contributed by atoms with Gasteiger partial charge in [0.25, 0.3) is 0 Å². The molecule has 1 aliphatic heterocycles. The van der Waals surface area contributed by atoms with E-state index in [1.54, 1.807) is 0 Å². The van der Waals surface area contributed by atoms with Crippen molar-refractivity contribution in [2.45, 2.75) is 52.0 Å². The lowest BCUT2D eigenvalue weighted by Crippen LogP contribution is -2.47. The van der Waals surface area contributed by atoms with Crippen LogP contribution < -0.4 is 5.73 Å². The van der Waals surface area contributed by atoms with Crippen LogP contribution in [0.3, 0.4) is 0 Å². The topological polar surface area (TPSA) is 29.3 Å². The van der Waals surface area contributed by atoms with E-state index < -0.39 is 0 Å². The van der Waals surface area contributed by atoms with Gasteiger partial charge in [0.1, 0.15) is 0 Å². The molecule has 0 bridgehead atoms. The summed E-state index contributed by atoms with van der Waals surface area (Å²) in [5.41, 5.74) is 8.00. The number of hydrogen-bond acceptors (Lipinski definition) is 2. The summed E-state index contributed by atoms with van der Waals surface area (Å²) in [5, 5.41) is 0. The van der Waals surface area contributed by atoms with Crippen LogP contribution in [0.15, 0.2) is 30.3 Å². The van der Waals surface area contributed by atoms with Gasteiger partial charge in [-0.2, -0.15) is 0 Å². The molecule has 2 heteroatoms. The molecule has 1 saturated heterocycles. The molecule has 1 aliphatic rings. The van der Waals surface area contributed by atoms with Crippen molar-refractivity contribution in [3.63, 3.8) is 0 Å². The molecule has 0 spiro atoms. The van der Waals surface area contributed by atoms with Crippen LogP contribution in [0.25, 0.3) is 0 Å². The number of rotatable bonds is 5. The van der Waals surface area contributed by atoms with Gasteiger partial charge >= 0.3 is 0 Å². The maximum absolute atomic E-state index is 6.06. The summed E-state index contributed by atoms with van der Waals surface area (Å²) >= 11 is 0. The van der Waals surface area contributed by atoms with Gasteiger partial charge in [-0.25, -0.2) is 0 Å². The maximum Gasteiger partial charge on any atom is 0.0224 e. The fourth-order valence-corrected chi connectivity index (χ4v) is 3.21. The highest BCUT2D eigenvalue weighted by Gasteiger charge is 2.29. The highest BCUT2D eigenvalue weighted by atomic mass is 15.2. The summed E-state index contributed by atoms with van der Waals surface area (Å²) in [6, 6.07) is 11.3. The minimum Gasteiger partial charge on any atom is -0.329 e. The lowest BCUT2D eigenvalue weighted by Gasteiger charge is -2.41. The second-order valence-electron chi connectivity index (χ2n) is 7.14. The Morgan fingerprint density at radius 2 is 1.75 bits per heavy atom. The largest absolute Gasteiger partial charge is 0.329 e. The zero-order chi connectivity index (χ0) is 14.6. The molecule has 2 rings (SSSR count). The van der Waals surface area contributed by atoms with E-state index in [2.05, 4.69) is 56.0 Å². The van der Waals surface area contributed by atoms with Gasteiger partial charge in [0.05, 0.1) is 0 Å². The smallest absolute Gasteiger partial charge is 0.0224 e. The zero-order valence-corrected chi connectivity index (χ0v) is 13.3. The molecule has 0 radical (unpaired) electrons. The Morgan fingerprint density at radius 1 is 1.15 bits per heavy atom. The van der Waals surface area contributed by atoms with E-state index in [1.165, 1.54) is 37.9 Å². The third kappa shape index (κ3) is 4.07. The second kappa shape index (κ2) is 6.73. The molecular formula is C18H30N2. The Hall–Kier alpha value is -0.860. The first-order valence-corrected chi connectivity index (χ1v) is 8.01. The molecule has 0 aliphatic carbocycles. The number of benzene rings is 1. The van der Waals surface area contributed by atoms with Crippen LogP contribution in [0.1, 0.15) is 51.5 Å². The standard InChI is InChI=1S/C18H30N2/c1-15(16-7-5-4-6-8-16)13-17(14-19)20-11-9-18(2,3)10-12-20/h4-8,15,17H,9-14,19H2,1-3H3. The number of piperidine rings is 1. The quantitative estimate of drug-likeness (QED) is 0.888.